The summed E-state index contributed by atoms with van der Waals surface area (Å²) < 4.78 is 0. The first-order valence-electron chi connectivity index (χ1n) is 4.26. The number of aliphatic hydroxyl groups is 1. The number of nitrogens with one attached hydrogen (secondary N) is 1. The van der Waals surface area contributed by atoms with Crippen molar-refractivity contribution >= 4 is 23.2 Å². The van der Waals surface area contributed by atoms with Crippen molar-refractivity contribution in [2.75, 3.05) is 5.32 Å². The third kappa shape index (κ3) is 2.72. The number of halogens is 1. The molecule has 0 unspecified atom stereocenters. The molecule has 14 heavy (non-hydrogen) atoms. The monoisotopic (exact) mass is 213 g/mol. The molecular formula is C10H12ClNO2. The van der Waals surface area contributed by atoms with Gasteiger partial charge in [0.15, 0.2) is 0 Å². The zero-order valence-electron chi connectivity index (χ0n) is 8.04. The molecule has 0 fully saturated rings. The molecule has 3 nitrogen and oxygen atoms in total. The molecular weight excluding hydrogens is 202 g/mol. The average molecular weight is 214 g/mol. The van der Waals surface area contributed by atoms with Crippen LogP contribution in [0.2, 0.25) is 5.02 Å². The Morgan fingerprint density at radius 3 is 2.71 bits per heavy atom. The first kappa shape index (κ1) is 11.0. The number of anilines is 1. The standard InChI is InChI=1S/C10H12ClNO2/c1-6-3-4-9(8(11)5-6)12-10(14)7(2)13/h3-5,7,13H,1-2H3,(H,12,14)/t7-/m0/s1. The van der Waals surface area contributed by atoms with E-state index in [0.717, 1.165) is 5.56 Å². The minimum Gasteiger partial charge on any atom is -0.384 e. The van der Waals surface area contributed by atoms with Crippen LogP contribution < -0.4 is 5.32 Å². The number of benzene rings is 1. The Balaban J connectivity index is 2.82. The van der Waals surface area contributed by atoms with Crippen LogP contribution in [0.15, 0.2) is 18.2 Å². The van der Waals surface area contributed by atoms with Crippen molar-refractivity contribution < 1.29 is 9.90 Å². The molecule has 0 aliphatic carbocycles. The molecule has 1 aromatic carbocycles. The van der Waals surface area contributed by atoms with Crippen LogP contribution >= 0.6 is 11.6 Å². The highest BCUT2D eigenvalue weighted by atomic mass is 35.5. The van der Waals surface area contributed by atoms with Crippen molar-refractivity contribution in [2.24, 2.45) is 0 Å². The van der Waals surface area contributed by atoms with Crippen molar-refractivity contribution in [1.29, 1.82) is 0 Å². The van der Waals surface area contributed by atoms with Crippen LogP contribution in [-0.2, 0) is 4.79 Å². The van der Waals surface area contributed by atoms with Gasteiger partial charge < -0.3 is 10.4 Å². The number of carbonyl (C=O) groups excluding carboxylic acids is 1. The van der Waals surface area contributed by atoms with Crippen LogP contribution in [0.25, 0.3) is 0 Å². The topological polar surface area (TPSA) is 49.3 Å². The van der Waals surface area contributed by atoms with Gasteiger partial charge in [0, 0.05) is 0 Å². The van der Waals surface area contributed by atoms with Crippen molar-refractivity contribution in [1.82, 2.24) is 0 Å². The summed E-state index contributed by atoms with van der Waals surface area (Å²) in [6.07, 6.45) is -1.03. The molecule has 0 radical (unpaired) electrons. The summed E-state index contributed by atoms with van der Waals surface area (Å²) in [4.78, 5) is 11.1. The molecule has 4 heteroatoms. The van der Waals surface area contributed by atoms with E-state index in [1.165, 1.54) is 6.92 Å². The number of amides is 1. The number of aryl methyl sites for hydroxylation is 1. The van der Waals surface area contributed by atoms with E-state index in [-0.39, 0.29) is 0 Å². The molecule has 0 spiro atoms. The molecule has 1 atom stereocenters. The maximum Gasteiger partial charge on any atom is 0.252 e. The summed E-state index contributed by atoms with van der Waals surface area (Å²) in [6, 6.07) is 5.29. The van der Waals surface area contributed by atoms with E-state index in [0.29, 0.717) is 10.7 Å². The van der Waals surface area contributed by atoms with Gasteiger partial charge in [0.05, 0.1) is 10.7 Å². The Bertz CT molecular complexity index is 350. The van der Waals surface area contributed by atoms with Gasteiger partial charge in [-0.05, 0) is 31.5 Å². The quantitative estimate of drug-likeness (QED) is 0.789. The van der Waals surface area contributed by atoms with Crippen molar-refractivity contribution in [3.63, 3.8) is 0 Å². The van der Waals surface area contributed by atoms with Gasteiger partial charge in [-0.1, -0.05) is 17.7 Å². The molecule has 1 amide bonds. The maximum atomic E-state index is 11.1. The Kier molecular flexibility index (Phi) is 3.49. The van der Waals surface area contributed by atoms with Gasteiger partial charge >= 0.3 is 0 Å². The Morgan fingerprint density at radius 2 is 2.21 bits per heavy atom. The molecule has 76 valence electrons. The van der Waals surface area contributed by atoms with Crippen LogP contribution in [0.4, 0.5) is 5.69 Å². The fourth-order valence-electron chi connectivity index (χ4n) is 0.959. The second-order valence-corrected chi connectivity index (χ2v) is 3.56. The fourth-order valence-corrected chi connectivity index (χ4v) is 1.24. The zero-order valence-corrected chi connectivity index (χ0v) is 8.80. The maximum absolute atomic E-state index is 11.1. The van der Waals surface area contributed by atoms with Crippen molar-refractivity contribution in [3.8, 4) is 0 Å². The fraction of sp³-hybridized carbons (Fsp3) is 0.300. The molecule has 0 aliphatic heterocycles. The van der Waals surface area contributed by atoms with Crippen LogP contribution in [0.1, 0.15) is 12.5 Å². The number of hydrogen-bond donors (Lipinski definition) is 2. The zero-order chi connectivity index (χ0) is 10.7. The second-order valence-electron chi connectivity index (χ2n) is 3.15. The molecule has 0 aliphatic rings. The number of rotatable bonds is 2. The lowest BCUT2D eigenvalue weighted by atomic mass is 10.2. The Hall–Kier alpha value is -1.06. The van der Waals surface area contributed by atoms with E-state index < -0.39 is 12.0 Å². The predicted octanol–water partition coefficient (Wildman–Crippen LogP) is 1.97. The highest BCUT2D eigenvalue weighted by molar-refractivity contribution is 6.33. The Labute approximate surface area is 87.7 Å². The molecule has 1 rings (SSSR count). The summed E-state index contributed by atoms with van der Waals surface area (Å²) in [5.74, 6) is -0.462. The lowest BCUT2D eigenvalue weighted by Gasteiger charge is -2.08. The highest BCUT2D eigenvalue weighted by Gasteiger charge is 2.10. The van der Waals surface area contributed by atoms with Crippen LogP contribution in [-0.4, -0.2) is 17.1 Å². The van der Waals surface area contributed by atoms with Crippen molar-refractivity contribution in [2.45, 2.75) is 20.0 Å². The third-order valence-corrected chi connectivity index (χ3v) is 2.07. The van der Waals surface area contributed by atoms with Gasteiger partial charge in [-0.2, -0.15) is 0 Å². The molecule has 0 aromatic heterocycles. The molecule has 0 bridgehead atoms. The largest absolute Gasteiger partial charge is 0.384 e. The minimum atomic E-state index is -1.03. The first-order chi connectivity index (χ1) is 6.50. The van der Waals surface area contributed by atoms with Gasteiger partial charge in [-0.15, -0.1) is 0 Å². The predicted molar refractivity (Wildman–Crippen MR) is 56.5 cm³/mol. The van der Waals surface area contributed by atoms with Crippen molar-refractivity contribution in [3.05, 3.63) is 28.8 Å². The van der Waals surface area contributed by atoms with Gasteiger partial charge in [-0.25, -0.2) is 0 Å². The number of hydrogen-bond acceptors (Lipinski definition) is 2. The molecule has 0 saturated carbocycles. The smallest absolute Gasteiger partial charge is 0.252 e. The second kappa shape index (κ2) is 4.44. The molecule has 0 heterocycles. The van der Waals surface area contributed by atoms with Gasteiger partial charge in [0.1, 0.15) is 6.10 Å². The summed E-state index contributed by atoms with van der Waals surface area (Å²) in [7, 11) is 0. The van der Waals surface area contributed by atoms with E-state index in [4.69, 9.17) is 16.7 Å². The molecule has 2 N–H and O–H groups in total. The number of aliphatic hydroxyl groups excluding tert-OH is 1. The summed E-state index contributed by atoms with van der Waals surface area (Å²) in [6.45, 7) is 3.31. The minimum absolute atomic E-state index is 0.462. The normalized spacial score (nSPS) is 12.3. The van der Waals surface area contributed by atoms with Gasteiger partial charge in [-0.3, -0.25) is 4.79 Å². The summed E-state index contributed by atoms with van der Waals surface area (Å²) >= 11 is 5.88. The van der Waals surface area contributed by atoms with E-state index in [1.54, 1.807) is 12.1 Å². The highest BCUT2D eigenvalue weighted by Crippen LogP contribution is 2.22. The SMILES string of the molecule is Cc1ccc(NC(=O)[C@H](C)O)c(Cl)c1. The van der Waals surface area contributed by atoms with Crippen LogP contribution in [0, 0.1) is 6.92 Å². The summed E-state index contributed by atoms with van der Waals surface area (Å²) in [5, 5.41) is 12.0. The summed E-state index contributed by atoms with van der Waals surface area (Å²) in [5.41, 5.74) is 1.54. The van der Waals surface area contributed by atoms with E-state index in [9.17, 15) is 4.79 Å². The third-order valence-electron chi connectivity index (χ3n) is 1.76. The van der Waals surface area contributed by atoms with Crippen LogP contribution in [0.3, 0.4) is 0 Å². The van der Waals surface area contributed by atoms with E-state index >= 15 is 0 Å². The Morgan fingerprint density at radius 1 is 1.57 bits per heavy atom. The lowest BCUT2D eigenvalue weighted by Crippen LogP contribution is -2.24. The molecule has 0 saturated heterocycles. The number of carbonyl (C=O) groups is 1. The van der Waals surface area contributed by atoms with E-state index in [2.05, 4.69) is 5.32 Å². The van der Waals surface area contributed by atoms with E-state index in [1.807, 2.05) is 13.0 Å². The average Bonchev–Trinajstić information content (AvgIpc) is 2.09. The van der Waals surface area contributed by atoms with Gasteiger partial charge in [0.2, 0.25) is 0 Å². The van der Waals surface area contributed by atoms with Crippen LogP contribution in [0.5, 0.6) is 0 Å². The lowest BCUT2D eigenvalue weighted by molar-refractivity contribution is -0.123. The molecule has 1 aromatic rings. The first-order valence-corrected chi connectivity index (χ1v) is 4.63. The van der Waals surface area contributed by atoms with Gasteiger partial charge in [0.25, 0.3) is 5.91 Å².